The van der Waals surface area contributed by atoms with E-state index in [1.807, 2.05) is 39.7 Å². The summed E-state index contributed by atoms with van der Waals surface area (Å²) in [5.74, 6) is 0. The van der Waals surface area contributed by atoms with Crippen LogP contribution in [0.4, 0.5) is 0 Å². The SMILES string of the molecule is C=CC=CC(=C)B(C)OC(C)(C)C. The Balaban J connectivity index is 4.11. The molecule has 0 aliphatic carbocycles. The monoisotopic (exact) mass is 178 g/mol. The first-order valence-corrected chi connectivity index (χ1v) is 4.52. The van der Waals surface area contributed by atoms with E-state index in [0.717, 1.165) is 5.47 Å². The summed E-state index contributed by atoms with van der Waals surface area (Å²) >= 11 is 0. The zero-order valence-electron chi connectivity index (χ0n) is 9.13. The van der Waals surface area contributed by atoms with Crippen LogP contribution in [0.3, 0.4) is 0 Å². The first kappa shape index (κ1) is 12.2. The quantitative estimate of drug-likeness (QED) is 0.474. The van der Waals surface area contributed by atoms with E-state index in [-0.39, 0.29) is 12.5 Å². The predicted octanol–water partition coefficient (Wildman–Crippen LogP) is 3.26. The summed E-state index contributed by atoms with van der Waals surface area (Å²) in [5.41, 5.74) is 0.847. The topological polar surface area (TPSA) is 9.23 Å². The smallest absolute Gasteiger partial charge is 0.323 e. The molecule has 0 radical (unpaired) electrons. The average molecular weight is 178 g/mol. The summed E-state index contributed by atoms with van der Waals surface area (Å²) in [6, 6.07) is 0. The average Bonchev–Trinajstić information content (AvgIpc) is 1.96. The van der Waals surface area contributed by atoms with Crippen LogP contribution in [0.1, 0.15) is 20.8 Å². The van der Waals surface area contributed by atoms with Crippen LogP contribution in [0.2, 0.25) is 6.82 Å². The van der Waals surface area contributed by atoms with Gasteiger partial charge < -0.3 is 4.65 Å². The Bertz CT molecular complexity index is 211. The van der Waals surface area contributed by atoms with Crippen molar-refractivity contribution < 1.29 is 4.65 Å². The number of hydrogen-bond acceptors (Lipinski definition) is 1. The Hall–Kier alpha value is -0.755. The highest BCUT2D eigenvalue weighted by atomic mass is 16.5. The lowest BCUT2D eigenvalue weighted by molar-refractivity contribution is 0.133. The minimum Gasteiger partial charge on any atom is -0.427 e. The maximum absolute atomic E-state index is 5.71. The lowest BCUT2D eigenvalue weighted by Crippen LogP contribution is -2.29. The Labute approximate surface area is 82.3 Å². The van der Waals surface area contributed by atoms with Gasteiger partial charge in [-0.05, 0) is 20.8 Å². The van der Waals surface area contributed by atoms with Gasteiger partial charge in [-0.2, -0.15) is 0 Å². The van der Waals surface area contributed by atoms with Crippen LogP contribution < -0.4 is 0 Å². The predicted molar refractivity (Wildman–Crippen MR) is 60.9 cm³/mol. The summed E-state index contributed by atoms with van der Waals surface area (Å²) in [7, 11) is 0. The molecule has 0 N–H and O–H groups in total. The molecule has 72 valence electrons. The highest BCUT2D eigenvalue weighted by Gasteiger charge is 2.19. The normalized spacial score (nSPS) is 11.7. The van der Waals surface area contributed by atoms with Crippen LogP contribution >= 0.6 is 0 Å². The summed E-state index contributed by atoms with van der Waals surface area (Å²) in [6.07, 6.45) is 5.52. The molecule has 0 aliphatic heterocycles. The third-order valence-electron chi connectivity index (χ3n) is 1.50. The van der Waals surface area contributed by atoms with Crippen LogP contribution in [0.25, 0.3) is 0 Å². The van der Waals surface area contributed by atoms with Gasteiger partial charge in [0.1, 0.15) is 0 Å². The first-order valence-electron chi connectivity index (χ1n) is 4.52. The number of allylic oxidation sites excluding steroid dienone is 4. The maximum Gasteiger partial charge on any atom is 0.323 e. The molecule has 0 rings (SSSR count). The second kappa shape index (κ2) is 5.08. The van der Waals surface area contributed by atoms with Crippen molar-refractivity contribution in [1.82, 2.24) is 0 Å². The lowest BCUT2D eigenvalue weighted by atomic mass is 9.63. The molecule has 1 nitrogen and oxygen atoms in total. The molecule has 0 fully saturated rings. The van der Waals surface area contributed by atoms with Gasteiger partial charge in [-0.3, -0.25) is 0 Å². The van der Waals surface area contributed by atoms with E-state index in [2.05, 4.69) is 13.2 Å². The van der Waals surface area contributed by atoms with Gasteiger partial charge in [-0.25, -0.2) is 0 Å². The molecular formula is C11H19BO. The Morgan fingerprint density at radius 1 is 1.38 bits per heavy atom. The molecule has 0 aromatic carbocycles. The third-order valence-corrected chi connectivity index (χ3v) is 1.50. The summed E-state index contributed by atoms with van der Waals surface area (Å²) in [6.45, 7) is 15.7. The minimum absolute atomic E-state index is 0.0520. The van der Waals surface area contributed by atoms with Gasteiger partial charge in [0, 0.05) is 5.60 Å². The van der Waals surface area contributed by atoms with Crippen LogP contribution in [0.15, 0.2) is 36.9 Å². The van der Waals surface area contributed by atoms with Crippen LogP contribution in [0, 0.1) is 0 Å². The van der Waals surface area contributed by atoms with Gasteiger partial charge >= 0.3 is 6.92 Å². The fraction of sp³-hybridized carbons (Fsp3) is 0.455. The van der Waals surface area contributed by atoms with E-state index in [1.54, 1.807) is 6.08 Å². The zero-order chi connectivity index (χ0) is 10.5. The molecule has 0 aliphatic rings. The van der Waals surface area contributed by atoms with Crippen molar-refractivity contribution in [2.45, 2.75) is 33.2 Å². The molecular weight excluding hydrogens is 159 g/mol. The van der Waals surface area contributed by atoms with E-state index in [9.17, 15) is 0 Å². The van der Waals surface area contributed by atoms with Gasteiger partial charge in [0.25, 0.3) is 0 Å². The molecule has 0 spiro atoms. The largest absolute Gasteiger partial charge is 0.427 e. The molecule has 0 atom stereocenters. The molecule has 0 saturated heterocycles. The van der Waals surface area contributed by atoms with Crippen molar-refractivity contribution in [1.29, 1.82) is 0 Å². The van der Waals surface area contributed by atoms with E-state index >= 15 is 0 Å². The molecule has 0 bridgehead atoms. The van der Waals surface area contributed by atoms with Crippen molar-refractivity contribution in [3.63, 3.8) is 0 Å². The standard InChI is InChI=1S/C11H19BO/c1-7-8-9-10(2)12(6)13-11(3,4)5/h7-9H,1-2H2,3-6H3. The Kier molecular flexibility index (Phi) is 4.78. The summed E-state index contributed by atoms with van der Waals surface area (Å²) < 4.78 is 5.71. The molecule has 0 aromatic heterocycles. The molecule has 0 saturated carbocycles. The van der Waals surface area contributed by atoms with Gasteiger partial charge in [0.2, 0.25) is 0 Å². The number of hydrogen-bond donors (Lipinski definition) is 0. The highest BCUT2D eigenvalue weighted by Crippen LogP contribution is 2.13. The van der Waals surface area contributed by atoms with Gasteiger partial charge in [0.05, 0.1) is 0 Å². The van der Waals surface area contributed by atoms with E-state index in [0.29, 0.717) is 0 Å². The Morgan fingerprint density at radius 3 is 2.31 bits per heavy atom. The highest BCUT2D eigenvalue weighted by molar-refractivity contribution is 6.59. The van der Waals surface area contributed by atoms with Crippen molar-refractivity contribution in [2.24, 2.45) is 0 Å². The van der Waals surface area contributed by atoms with E-state index in [1.165, 1.54) is 0 Å². The molecule has 0 heterocycles. The molecule has 0 unspecified atom stereocenters. The molecule has 13 heavy (non-hydrogen) atoms. The van der Waals surface area contributed by atoms with Crippen molar-refractivity contribution in [3.8, 4) is 0 Å². The second-order valence-corrected chi connectivity index (χ2v) is 4.04. The van der Waals surface area contributed by atoms with Crippen molar-refractivity contribution in [3.05, 3.63) is 36.9 Å². The lowest BCUT2D eigenvalue weighted by Gasteiger charge is -2.24. The molecule has 0 amide bonds. The van der Waals surface area contributed by atoms with E-state index < -0.39 is 0 Å². The van der Waals surface area contributed by atoms with Crippen LogP contribution in [-0.4, -0.2) is 12.5 Å². The van der Waals surface area contributed by atoms with Gasteiger partial charge in [-0.1, -0.05) is 37.1 Å². The fourth-order valence-corrected chi connectivity index (χ4v) is 0.933. The minimum atomic E-state index is -0.121. The van der Waals surface area contributed by atoms with Crippen molar-refractivity contribution in [2.75, 3.05) is 0 Å². The molecule has 0 aromatic rings. The van der Waals surface area contributed by atoms with Gasteiger partial charge in [0.15, 0.2) is 0 Å². The first-order chi connectivity index (χ1) is 5.87. The van der Waals surface area contributed by atoms with Crippen molar-refractivity contribution >= 4 is 6.92 Å². The number of rotatable bonds is 4. The second-order valence-electron chi connectivity index (χ2n) is 4.04. The maximum atomic E-state index is 5.71. The fourth-order valence-electron chi connectivity index (χ4n) is 0.933. The molecule has 2 heteroatoms. The summed E-state index contributed by atoms with van der Waals surface area (Å²) in [5, 5.41) is 0. The van der Waals surface area contributed by atoms with Crippen LogP contribution in [0.5, 0.6) is 0 Å². The summed E-state index contributed by atoms with van der Waals surface area (Å²) in [4.78, 5) is 0. The zero-order valence-corrected chi connectivity index (χ0v) is 9.13. The third kappa shape index (κ3) is 6.41. The Morgan fingerprint density at radius 2 is 1.92 bits per heavy atom. The van der Waals surface area contributed by atoms with Crippen LogP contribution in [-0.2, 0) is 4.65 Å². The van der Waals surface area contributed by atoms with E-state index in [4.69, 9.17) is 4.65 Å². The van der Waals surface area contributed by atoms with Gasteiger partial charge in [-0.15, -0.1) is 6.58 Å².